The van der Waals surface area contributed by atoms with Gasteiger partial charge in [0.15, 0.2) is 9.84 Å². The zero-order chi connectivity index (χ0) is 21.1. The average Bonchev–Trinajstić information content (AvgIpc) is 2.68. The van der Waals surface area contributed by atoms with Crippen molar-refractivity contribution in [2.24, 2.45) is 0 Å². The number of hydrogen-bond donors (Lipinski definition) is 0. The molecule has 7 heteroatoms. The Balaban J connectivity index is 1.90. The van der Waals surface area contributed by atoms with E-state index in [0.717, 1.165) is 17.5 Å². The lowest BCUT2D eigenvalue weighted by Crippen LogP contribution is -2.04. The van der Waals surface area contributed by atoms with Crippen LogP contribution in [0, 0.1) is 0 Å². The molecule has 0 unspecified atom stereocenters. The van der Waals surface area contributed by atoms with Crippen LogP contribution in [-0.4, -0.2) is 8.42 Å². The summed E-state index contributed by atoms with van der Waals surface area (Å²) < 4.78 is 68.1. The summed E-state index contributed by atoms with van der Waals surface area (Å²) in [5.74, 6) is 0.703. The summed E-state index contributed by atoms with van der Waals surface area (Å²) in [5, 5.41) is 1.13. The second-order valence-corrected chi connectivity index (χ2v) is 7.99. The summed E-state index contributed by atoms with van der Waals surface area (Å²) in [6.45, 7) is 1.63. The van der Waals surface area contributed by atoms with Crippen molar-refractivity contribution in [2.75, 3.05) is 0 Å². The summed E-state index contributed by atoms with van der Waals surface area (Å²) in [6, 6.07) is 17.8. The van der Waals surface area contributed by atoms with E-state index in [0.29, 0.717) is 16.9 Å². The average molecular weight is 418 g/mol. The second kappa shape index (κ2) is 8.13. The monoisotopic (exact) mass is 418 g/mol. The third-order valence-electron chi connectivity index (χ3n) is 4.11. The first-order valence-corrected chi connectivity index (χ1v) is 10.2. The van der Waals surface area contributed by atoms with Crippen molar-refractivity contribution in [2.45, 2.75) is 18.0 Å². The molecule has 0 saturated carbocycles. The van der Waals surface area contributed by atoms with Crippen LogP contribution < -0.4 is 4.74 Å². The van der Waals surface area contributed by atoms with Gasteiger partial charge >= 0.3 is 6.18 Å². The van der Waals surface area contributed by atoms with Crippen molar-refractivity contribution in [3.8, 4) is 22.6 Å². The van der Waals surface area contributed by atoms with E-state index in [4.69, 9.17) is 4.74 Å². The van der Waals surface area contributed by atoms with Crippen LogP contribution in [0.5, 0.6) is 11.5 Å². The molecule has 150 valence electrons. The van der Waals surface area contributed by atoms with Crippen LogP contribution in [0.4, 0.5) is 13.2 Å². The SMILES string of the molecule is C/C=C\S(=O)(=O)c1ccc(-c2ccccc2Oc2ccc(C(F)(F)F)cc2)cc1. The predicted octanol–water partition coefficient (Wildman–Crippen LogP) is 6.47. The first-order valence-electron chi connectivity index (χ1n) is 8.63. The van der Waals surface area contributed by atoms with Gasteiger partial charge in [-0.2, -0.15) is 13.2 Å². The van der Waals surface area contributed by atoms with Crippen LogP contribution in [0.15, 0.2) is 89.2 Å². The Hall–Kier alpha value is -3.06. The molecule has 0 fully saturated rings. The fraction of sp³-hybridized carbons (Fsp3) is 0.0909. The van der Waals surface area contributed by atoms with E-state index in [-0.39, 0.29) is 10.6 Å². The van der Waals surface area contributed by atoms with Crippen LogP contribution in [0.2, 0.25) is 0 Å². The summed E-state index contributed by atoms with van der Waals surface area (Å²) in [4.78, 5) is 0.167. The molecular weight excluding hydrogens is 401 g/mol. The lowest BCUT2D eigenvalue weighted by atomic mass is 10.0. The number of sulfone groups is 1. The quantitative estimate of drug-likeness (QED) is 0.477. The fourth-order valence-electron chi connectivity index (χ4n) is 2.71. The lowest BCUT2D eigenvalue weighted by molar-refractivity contribution is -0.137. The van der Waals surface area contributed by atoms with Gasteiger partial charge in [0.2, 0.25) is 0 Å². The molecule has 0 aliphatic carbocycles. The largest absolute Gasteiger partial charge is 0.457 e. The van der Waals surface area contributed by atoms with Crippen molar-refractivity contribution >= 4 is 9.84 Å². The second-order valence-electron chi connectivity index (χ2n) is 6.16. The standard InChI is InChI=1S/C22H17F3O3S/c1-2-15-29(26,27)19-13-7-16(8-14-19)20-5-3-4-6-21(20)28-18-11-9-17(10-12-18)22(23,24)25/h2-15H,1H3/b15-2-. The Morgan fingerprint density at radius 3 is 2.07 bits per heavy atom. The van der Waals surface area contributed by atoms with E-state index < -0.39 is 21.6 Å². The van der Waals surface area contributed by atoms with Gasteiger partial charge in [-0.15, -0.1) is 0 Å². The molecule has 0 atom stereocenters. The van der Waals surface area contributed by atoms with Crippen LogP contribution in [-0.2, 0) is 16.0 Å². The highest BCUT2D eigenvalue weighted by Crippen LogP contribution is 2.35. The van der Waals surface area contributed by atoms with E-state index in [1.165, 1.54) is 30.3 Å². The van der Waals surface area contributed by atoms with Crippen LogP contribution >= 0.6 is 0 Å². The van der Waals surface area contributed by atoms with Crippen molar-refractivity contribution in [1.82, 2.24) is 0 Å². The summed E-state index contributed by atoms with van der Waals surface area (Å²) in [6.07, 6.45) is -2.96. The third kappa shape index (κ3) is 4.86. The van der Waals surface area contributed by atoms with E-state index in [1.54, 1.807) is 43.3 Å². The number of rotatable bonds is 5. The number of ether oxygens (including phenoxy) is 1. The molecule has 0 spiro atoms. The van der Waals surface area contributed by atoms with Crippen molar-refractivity contribution in [3.63, 3.8) is 0 Å². The molecular formula is C22H17F3O3S. The minimum atomic E-state index is -4.41. The predicted molar refractivity (Wildman–Crippen MR) is 105 cm³/mol. The molecule has 0 amide bonds. The van der Waals surface area contributed by atoms with Gasteiger partial charge in [-0.1, -0.05) is 36.4 Å². The van der Waals surface area contributed by atoms with Gasteiger partial charge in [0.25, 0.3) is 0 Å². The molecule has 3 aromatic rings. The van der Waals surface area contributed by atoms with Gasteiger partial charge in [0.1, 0.15) is 11.5 Å². The molecule has 29 heavy (non-hydrogen) atoms. The van der Waals surface area contributed by atoms with Crippen molar-refractivity contribution in [3.05, 3.63) is 89.8 Å². The molecule has 0 aromatic heterocycles. The van der Waals surface area contributed by atoms with E-state index in [2.05, 4.69) is 0 Å². The summed E-state index contributed by atoms with van der Waals surface area (Å²) >= 11 is 0. The van der Waals surface area contributed by atoms with Gasteiger partial charge in [-0.05, 0) is 55.0 Å². The van der Waals surface area contributed by atoms with Gasteiger partial charge in [-0.25, -0.2) is 8.42 Å². The number of para-hydroxylation sites is 1. The van der Waals surface area contributed by atoms with Crippen LogP contribution in [0.25, 0.3) is 11.1 Å². The summed E-state index contributed by atoms with van der Waals surface area (Å²) in [7, 11) is -3.49. The lowest BCUT2D eigenvalue weighted by Gasteiger charge is -2.13. The Morgan fingerprint density at radius 2 is 1.48 bits per heavy atom. The fourth-order valence-corrected chi connectivity index (χ4v) is 3.75. The maximum Gasteiger partial charge on any atom is 0.416 e. The summed E-state index contributed by atoms with van der Waals surface area (Å²) in [5.41, 5.74) is 0.644. The molecule has 0 saturated heterocycles. The highest BCUT2D eigenvalue weighted by molar-refractivity contribution is 7.94. The smallest absolute Gasteiger partial charge is 0.416 e. The van der Waals surface area contributed by atoms with Crippen molar-refractivity contribution < 1.29 is 26.3 Å². The molecule has 0 aliphatic heterocycles. The molecule has 0 bridgehead atoms. The molecule has 3 nitrogen and oxygen atoms in total. The molecule has 3 rings (SSSR count). The van der Waals surface area contributed by atoms with Gasteiger partial charge in [-0.3, -0.25) is 0 Å². The van der Waals surface area contributed by atoms with Crippen LogP contribution in [0.3, 0.4) is 0 Å². The molecule has 0 radical (unpaired) electrons. The Labute approximate surface area is 167 Å². The van der Waals surface area contributed by atoms with E-state index in [1.807, 2.05) is 0 Å². The van der Waals surface area contributed by atoms with Gasteiger partial charge in [0, 0.05) is 11.0 Å². The minimum Gasteiger partial charge on any atom is -0.457 e. The molecule has 0 N–H and O–H groups in total. The minimum absolute atomic E-state index is 0.167. The third-order valence-corrected chi connectivity index (χ3v) is 5.67. The van der Waals surface area contributed by atoms with Crippen molar-refractivity contribution in [1.29, 1.82) is 0 Å². The first-order chi connectivity index (χ1) is 13.7. The highest BCUT2D eigenvalue weighted by Gasteiger charge is 2.30. The Morgan fingerprint density at radius 1 is 0.862 bits per heavy atom. The first kappa shape index (κ1) is 20.7. The number of halogens is 3. The normalized spacial score (nSPS) is 12.3. The number of hydrogen-bond acceptors (Lipinski definition) is 3. The van der Waals surface area contributed by atoms with Gasteiger partial charge < -0.3 is 4.74 Å². The Bertz CT molecular complexity index is 1120. The molecule has 0 aliphatic rings. The van der Waals surface area contributed by atoms with E-state index >= 15 is 0 Å². The maximum atomic E-state index is 12.7. The Kier molecular flexibility index (Phi) is 5.79. The molecule has 0 heterocycles. The number of alkyl halides is 3. The topological polar surface area (TPSA) is 43.4 Å². The zero-order valence-electron chi connectivity index (χ0n) is 15.3. The number of allylic oxidation sites excluding steroid dienone is 1. The zero-order valence-corrected chi connectivity index (χ0v) is 16.2. The highest BCUT2D eigenvalue weighted by atomic mass is 32.2. The number of benzene rings is 3. The van der Waals surface area contributed by atoms with E-state index in [9.17, 15) is 21.6 Å². The maximum absolute atomic E-state index is 12.7. The van der Waals surface area contributed by atoms with Gasteiger partial charge in [0.05, 0.1) is 10.5 Å². The van der Waals surface area contributed by atoms with Crippen LogP contribution in [0.1, 0.15) is 12.5 Å². The molecule has 3 aromatic carbocycles.